The molecule has 13 nitrogen and oxygen atoms in total. The molecule has 7 atom stereocenters. The van der Waals surface area contributed by atoms with E-state index in [1.165, 1.54) is 30.9 Å². The van der Waals surface area contributed by atoms with E-state index in [-0.39, 0.29) is 5.75 Å². The Kier molecular flexibility index (Phi) is 8.51. The Morgan fingerprint density at radius 1 is 1.07 bits per heavy atom. The molecule has 1 aliphatic rings. The predicted molar refractivity (Wildman–Crippen MR) is 154 cm³/mol. The number of rotatable bonds is 10. The van der Waals surface area contributed by atoms with E-state index in [1.807, 2.05) is 24.3 Å². The minimum Gasteiger partial charge on any atom is -0.462 e. The molecule has 2 aromatic carbocycles. The second kappa shape index (κ2) is 12.0. The fourth-order valence-corrected chi connectivity index (χ4v) is 6.54. The largest absolute Gasteiger partial charge is 0.462 e. The van der Waals surface area contributed by atoms with Crippen LogP contribution in [0.15, 0.2) is 61.1 Å². The van der Waals surface area contributed by atoms with Gasteiger partial charge in [0.25, 0.3) is 0 Å². The molecule has 5 unspecified atom stereocenters. The molecule has 42 heavy (non-hydrogen) atoms. The number of nitrogens with zero attached hydrogens (tertiary/aromatic N) is 3. The number of hydrogen-bond acceptors (Lipinski definition) is 11. The summed E-state index contributed by atoms with van der Waals surface area (Å²) in [5.41, 5.74) is 7.14. The fourth-order valence-electron chi connectivity index (χ4n) is 4.83. The number of pyridine rings is 1. The van der Waals surface area contributed by atoms with E-state index in [2.05, 4.69) is 15.1 Å². The summed E-state index contributed by atoms with van der Waals surface area (Å²) in [4.78, 5) is 21.1. The highest BCUT2D eigenvalue weighted by Crippen LogP contribution is 2.49. The summed E-state index contributed by atoms with van der Waals surface area (Å²) < 4.78 is 39.0. The number of aliphatic hydroxyl groups excluding tert-OH is 2. The standard InChI is InChI=1S/C28H34N5O8P/c1-15(2)38-28(36)16(3)32-42(37,41-21-11-7-9-18-8-5-6-10-19(18)21)40-17(4)25-23(34)24(35)27(39-25)33-14-31-22-20(29)12-13-30-26(22)33/h5-17,23-25,27,34-35H,1-4H3,(H2,29,30)(H,32,37)/t16?,17?,23?,24?,25-,27-,42?/m1/s1. The van der Waals surface area contributed by atoms with Gasteiger partial charge in [-0.05, 0) is 45.2 Å². The van der Waals surface area contributed by atoms with Gasteiger partial charge in [0.15, 0.2) is 11.9 Å². The number of ether oxygens (including phenoxy) is 2. The van der Waals surface area contributed by atoms with Crippen LogP contribution in [0.25, 0.3) is 21.9 Å². The zero-order valence-electron chi connectivity index (χ0n) is 23.5. The number of carbonyl (C=O) groups excluding carboxylic acids is 1. The lowest BCUT2D eigenvalue weighted by Crippen LogP contribution is -2.41. The minimum atomic E-state index is -4.35. The zero-order chi connectivity index (χ0) is 30.2. The molecule has 3 heterocycles. The molecule has 0 bridgehead atoms. The first kappa shape index (κ1) is 29.9. The molecule has 0 saturated carbocycles. The van der Waals surface area contributed by atoms with Gasteiger partial charge in [0.05, 0.1) is 24.2 Å². The van der Waals surface area contributed by atoms with E-state index >= 15 is 0 Å². The van der Waals surface area contributed by atoms with Crippen molar-refractivity contribution in [2.45, 2.75) is 70.5 Å². The molecule has 1 aliphatic heterocycles. The average molecular weight is 600 g/mol. The summed E-state index contributed by atoms with van der Waals surface area (Å²) in [6.45, 7) is 6.39. The van der Waals surface area contributed by atoms with Crippen LogP contribution in [0.4, 0.5) is 5.69 Å². The minimum absolute atomic E-state index is 0.250. The molecule has 0 aliphatic carbocycles. The predicted octanol–water partition coefficient (Wildman–Crippen LogP) is 3.31. The van der Waals surface area contributed by atoms with Gasteiger partial charge >= 0.3 is 13.7 Å². The summed E-state index contributed by atoms with van der Waals surface area (Å²) in [5, 5.41) is 26.0. The highest BCUT2D eigenvalue weighted by Gasteiger charge is 2.49. The van der Waals surface area contributed by atoms with Crippen LogP contribution in [0.2, 0.25) is 0 Å². The quantitative estimate of drug-likeness (QED) is 0.155. The van der Waals surface area contributed by atoms with Crippen LogP contribution in [-0.2, 0) is 23.4 Å². The number of fused-ring (bicyclic) bond motifs is 2. The van der Waals surface area contributed by atoms with Gasteiger partial charge in [-0.3, -0.25) is 13.9 Å². The molecule has 0 radical (unpaired) electrons. The molecule has 5 N–H and O–H groups in total. The Labute approximate surface area is 242 Å². The molecule has 1 saturated heterocycles. The van der Waals surface area contributed by atoms with Gasteiger partial charge in [0.2, 0.25) is 0 Å². The van der Waals surface area contributed by atoms with E-state index < -0.39 is 56.5 Å². The van der Waals surface area contributed by atoms with E-state index in [9.17, 15) is 19.6 Å². The first-order valence-corrected chi connectivity index (χ1v) is 15.0. The van der Waals surface area contributed by atoms with Crippen LogP contribution >= 0.6 is 7.75 Å². The van der Waals surface area contributed by atoms with E-state index in [0.29, 0.717) is 22.2 Å². The maximum Gasteiger partial charge on any atom is 0.459 e. The molecular weight excluding hydrogens is 565 g/mol. The second-order valence-corrected chi connectivity index (χ2v) is 12.1. The van der Waals surface area contributed by atoms with Gasteiger partial charge in [0, 0.05) is 11.6 Å². The zero-order valence-corrected chi connectivity index (χ0v) is 24.4. The number of benzene rings is 2. The maximum atomic E-state index is 14.3. The summed E-state index contributed by atoms with van der Waals surface area (Å²) in [5.74, 6) is -0.408. The number of nitrogens with one attached hydrogen (secondary N) is 1. The van der Waals surface area contributed by atoms with Crippen LogP contribution < -0.4 is 15.3 Å². The Morgan fingerprint density at radius 3 is 2.57 bits per heavy atom. The van der Waals surface area contributed by atoms with Gasteiger partial charge in [0.1, 0.15) is 35.6 Å². The van der Waals surface area contributed by atoms with Crippen molar-refractivity contribution in [3.63, 3.8) is 0 Å². The third kappa shape index (κ3) is 5.98. The number of aromatic nitrogens is 3. The smallest absolute Gasteiger partial charge is 0.459 e. The number of hydrogen-bond donors (Lipinski definition) is 4. The summed E-state index contributed by atoms with van der Waals surface area (Å²) in [6, 6.07) is 13.1. The molecular formula is C28H34N5O8P. The van der Waals surface area contributed by atoms with Crippen molar-refractivity contribution in [1.82, 2.24) is 19.6 Å². The maximum absolute atomic E-state index is 14.3. The number of nitrogen functional groups attached to an aromatic ring is 1. The van der Waals surface area contributed by atoms with Gasteiger partial charge in [-0.15, -0.1) is 0 Å². The van der Waals surface area contributed by atoms with Crippen molar-refractivity contribution in [2.24, 2.45) is 0 Å². The molecule has 1 fully saturated rings. The fraction of sp³-hybridized carbons (Fsp3) is 0.393. The van der Waals surface area contributed by atoms with Crippen LogP contribution in [0.5, 0.6) is 5.75 Å². The van der Waals surface area contributed by atoms with Gasteiger partial charge in [-0.2, -0.15) is 5.09 Å². The van der Waals surface area contributed by atoms with E-state index in [0.717, 1.165) is 5.39 Å². The number of carbonyl (C=O) groups is 1. The molecule has 0 amide bonds. The topological polar surface area (TPSA) is 180 Å². The molecule has 14 heteroatoms. The Bertz CT molecular complexity index is 1630. The monoisotopic (exact) mass is 599 g/mol. The number of aliphatic hydroxyl groups is 2. The molecule has 4 aromatic rings. The van der Waals surface area contributed by atoms with Crippen molar-refractivity contribution in [3.05, 3.63) is 61.1 Å². The normalized spacial score (nSPS) is 23.6. The number of imidazole rings is 1. The lowest BCUT2D eigenvalue weighted by molar-refractivity contribution is -0.149. The van der Waals surface area contributed by atoms with E-state index in [1.54, 1.807) is 38.1 Å². The first-order valence-electron chi connectivity index (χ1n) is 13.5. The average Bonchev–Trinajstić information content (AvgIpc) is 3.50. The SMILES string of the molecule is CC(C)OC(=O)C(C)NP(=O)(Oc1cccc2ccccc12)OC(C)[C@H]1O[C@@H](n2cnc3c(N)ccnc32)C(O)C1O. The second-order valence-electron chi connectivity index (χ2n) is 10.4. The summed E-state index contributed by atoms with van der Waals surface area (Å²) in [6.07, 6.45) is -3.71. The van der Waals surface area contributed by atoms with Crippen LogP contribution in [0, 0.1) is 0 Å². The van der Waals surface area contributed by atoms with E-state index in [4.69, 9.17) is 24.3 Å². The van der Waals surface area contributed by atoms with Crippen LogP contribution in [0.1, 0.15) is 33.9 Å². The van der Waals surface area contributed by atoms with Crippen molar-refractivity contribution in [3.8, 4) is 5.75 Å². The third-order valence-corrected chi connectivity index (χ3v) is 8.59. The highest BCUT2D eigenvalue weighted by molar-refractivity contribution is 7.52. The summed E-state index contributed by atoms with van der Waals surface area (Å²) >= 11 is 0. The Balaban J connectivity index is 1.42. The van der Waals surface area contributed by atoms with Crippen molar-refractivity contribution >= 4 is 41.3 Å². The van der Waals surface area contributed by atoms with Crippen molar-refractivity contribution in [1.29, 1.82) is 0 Å². The lowest BCUT2D eigenvalue weighted by Gasteiger charge is -2.29. The number of anilines is 1. The van der Waals surface area contributed by atoms with Crippen LogP contribution in [-0.4, -0.2) is 67.3 Å². The van der Waals surface area contributed by atoms with Gasteiger partial charge < -0.3 is 29.9 Å². The van der Waals surface area contributed by atoms with Gasteiger partial charge in [-0.1, -0.05) is 36.4 Å². The number of esters is 1. The van der Waals surface area contributed by atoms with Crippen molar-refractivity contribution in [2.75, 3.05) is 5.73 Å². The Morgan fingerprint density at radius 2 is 1.81 bits per heavy atom. The van der Waals surface area contributed by atoms with Crippen molar-refractivity contribution < 1.29 is 38.1 Å². The lowest BCUT2D eigenvalue weighted by atomic mass is 10.1. The molecule has 5 rings (SSSR count). The Hall–Kier alpha value is -3.58. The third-order valence-electron chi connectivity index (χ3n) is 6.83. The summed E-state index contributed by atoms with van der Waals surface area (Å²) in [7, 11) is -4.35. The molecule has 2 aromatic heterocycles. The highest BCUT2D eigenvalue weighted by atomic mass is 31.2. The molecule has 224 valence electrons. The number of nitrogens with two attached hydrogens (primary N) is 1. The van der Waals surface area contributed by atoms with Gasteiger partial charge in [-0.25, -0.2) is 14.5 Å². The van der Waals surface area contributed by atoms with Crippen LogP contribution in [0.3, 0.4) is 0 Å². The molecule has 0 spiro atoms. The first-order chi connectivity index (χ1) is 20.0.